The summed E-state index contributed by atoms with van der Waals surface area (Å²) in [6.07, 6.45) is 2.64. The van der Waals surface area contributed by atoms with Crippen LogP contribution in [-0.4, -0.2) is 50.0 Å². The van der Waals surface area contributed by atoms with Gasteiger partial charge in [-0.3, -0.25) is 9.59 Å². The van der Waals surface area contributed by atoms with E-state index in [1.54, 1.807) is 25.3 Å². The van der Waals surface area contributed by atoms with Crippen molar-refractivity contribution in [3.63, 3.8) is 0 Å². The van der Waals surface area contributed by atoms with Crippen molar-refractivity contribution in [1.29, 1.82) is 0 Å². The molecule has 4 aromatic carbocycles. The molecule has 0 radical (unpaired) electrons. The molecular formula is C35H35NO5. The number of ether oxygens (including phenoxy) is 3. The molecule has 0 bridgehead atoms. The van der Waals surface area contributed by atoms with Crippen molar-refractivity contribution in [2.45, 2.75) is 32.3 Å². The molecule has 0 aromatic heterocycles. The van der Waals surface area contributed by atoms with Gasteiger partial charge < -0.3 is 19.1 Å². The van der Waals surface area contributed by atoms with E-state index in [0.29, 0.717) is 22.6 Å². The quantitative estimate of drug-likeness (QED) is 0.129. The molecule has 41 heavy (non-hydrogen) atoms. The summed E-state index contributed by atoms with van der Waals surface area (Å²) >= 11 is 0. The lowest BCUT2D eigenvalue weighted by Gasteiger charge is -2.29. The molecule has 0 atom stereocenters. The highest BCUT2D eigenvalue weighted by Gasteiger charge is 2.18. The van der Waals surface area contributed by atoms with Crippen LogP contribution in [0.3, 0.4) is 0 Å². The van der Waals surface area contributed by atoms with Crippen molar-refractivity contribution in [1.82, 2.24) is 4.90 Å². The van der Waals surface area contributed by atoms with Crippen LogP contribution in [0, 0.1) is 0 Å². The van der Waals surface area contributed by atoms with Crippen LogP contribution >= 0.6 is 0 Å². The predicted molar refractivity (Wildman–Crippen MR) is 161 cm³/mol. The summed E-state index contributed by atoms with van der Waals surface area (Å²) in [5.74, 6) is 1.53. The molecule has 0 aliphatic carbocycles. The van der Waals surface area contributed by atoms with E-state index in [9.17, 15) is 9.59 Å². The second-order valence-electron chi connectivity index (χ2n) is 10.5. The van der Waals surface area contributed by atoms with Gasteiger partial charge >= 0.3 is 5.97 Å². The lowest BCUT2D eigenvalue weighted by molar-refractivity contribution is -0.131. The highest BCUT2D eigenvalue weighted by atomic mass is 16.5. The average molecular weight is 550 g/mol. The second-order valence-corrected chi connectivity index (χ2v) is 10.5. The Morgan fingerprint density at radius 3 is 2.15 bits per heavy atom. The van der Waals surface area contributed by atoms with Crippen LogP contribution in [-0.2, 0) is 11.2 Å². The Morgan fingerprint density at radius 1 is 0.805 bits per heavy atom. The van der Waals surface area contributed by atoms with Crippen LogP contribution in [0.2, 0.25) is 0 Å². The lowest BCUT2D eigenvalue weighted by atomic mass is 9.96. The van der Waals surface area contributed by atoms with Crippen molar-refractivity contribution in [3.05, 3.63) is 102 Å². The van der Waals surface area contributed by atoms with Crippen molar-refractivity contribution in [3.8, 4) is 39.5 Å². The average Bonchev–Trinajstić information content (AvgIpc) is 2.99. The maximum Gasteiger partial charge on any atom is 0.308 e. The summed E-state index contributed by atoms with van der Waals surface area (Å²) in [6.45, 7) is 3.50. The number of benzene rings is 4. The number of hydrogen-bond acceptors (Lipinski definition) is 6. The van der Waals surface area contributed by atoms with Crippen LogP contribution in [0.25, 0.3) is 22.3 Å². The molecule has 1 aliphatic rings. The number of carbonyl (C=O) groups is 2. The van der Waals surface area contributed by atoms with Gasteiger partial charge in [0.05, 0.1) is 7.11 Å². The first-order valence-corrected chi connectivity index (χ1v) is 13.9. The summed E-state index contributed by atoms with van der Waals surface area (Å²) in [7, 11) is 3.74. The first-order chi connectivity index (χ1) is 19.9. The molecule has 6 nitrogen and oxygen atoms in total. The maximum atomic E-state index is 13.3. The Morgan fingerprint density at radius 2 is 1.49 bits per heavy atom. The molecule has 0 saturated carbocycles. The zero-order valence-electron chi connectivity index (χ0n) is 23.8. The van der Waals surface area contributed by atoms with E-state index in [1.807, 2.05) is 60.7 Å². The van der Waals surface area contributed by atoms with Crippen LogP contribution in [0.15, 0.2) is 91.0 Å². The fourth-order valence-corrected chi connectivity index (χ4v) is 5.09. The molecule has 1 fully saturated rings. The molecule has 5 rings (SSSR count). The Labute approximate surface area is 241 Å². The van der Waals surface area contributed by atoms with E-state index in [4.69, 9.17) is 14.2 Å². The molecule has 4 aromatic rings. The van der Waals surface area contributed by atoms with E-state index in [-0.39, 0.29) is 18.3 Å². The summed E-state index contributed by atoms with van der Waals surface area (Å²) < 4.78 is 17.0. The summed E-state index contributed by atoms with van der Waals surface area (Å²) in [4.78, 5) is 27.3. The number of esters is 1. The Hall–Kier alpha value is -4.42. The third-order valence-electron chi connectivity index (χ3n) is 7.41. The molecular weight excluding hydrogens is 514 g/mol. The summed E-state index contributed by atoms with van der Waals surface area (Å²) in [5, 5.41) is 0. The van der Waals surface area contributed by atoms with E-state index in [1.165, 1.54) is 6.92 Å². The number of likely N-dealkylation sites (tertiary alicyclic amines) is 1. The second kappa shape index (κ2) is 12.8. The van der Waals surface area contributed by atoms with E-state index < -0.39 is 5.97 Å². The zero-order valence-corrected chi connectivity index (χ0v) is 23.8. The van der Waals surface area contributed by atoms with Crippen molar-refractivity contribution in [2.75, 3.05) is 27.2 Å². The smallest absolute Gasteiger partial charge is 0.308 e. The van der Waals surface area contributed by atoms with Crippen molar-refractivity contribution < 1.29 is 23.8 Å². The third-order valence-corrected chi connectivity index (χ3v) is 7.41. The zero-order chi connectivity index (χ0) is 28.8. The highest BCUT2D eigenvalue weighted by molar-refractivity contribution is 5.99. The standard InChI is InChI=1S/C35H35NO5/c1-24(37)40-35-16-13-29(23-33(35)28-5-4-6-32(22-28)39-3)34(38)21-25-7-9-26(10-8-25)27-11-14-30(15-12-27)41-31-17-19-36(2)20-18-31/h4-16,22-23,31H,17-21H2,1-3H3. The largest absolute Gasteiger partial charge is 0.497 e. The maximum absolute atomic E-state index is 13.3. The number of methoxy groups -OCH3 is 1. The summed E-state index contributed by atoms with van der Waals surface area (Å²) in [6, 6.07) is 28.9. The van der Waals surface area contributed by atoms with Gasteiger partial charge in [0.15, 0.2) is 5.78 Å². The van der Waals surface area contributed by atoms with Gasteiger partial charge in [-0.1, -0.05) is 48.5 Å². The molecule has 0 unspecified atom stereocenters. The summed E-state index contributed by atoms with van der Waals surface area (Å²) in [5.41, 5.74) is 5.10. The Kier molecular flexibility index (Phi) is 8.80. The van der Waals surface area contributed by atoms with Gasteiger partial charge in [-0.15, -0.1) is 0 Å². The lowest BCUT2D eigenvalue weighted by Crippen LogP contribution is -2.35. The number of carbonyl (C=O) groups excluding carboxylic acids is 2. The van der Waals surface area contributed by atoms with Gasteiger partial charge in [-0.05, 0) is 84.6 Å². The van der Waals surface area contributed by atoms with Crippen LogP contribution in [0.1, 0.15) is 35.7 Å². The topological polar surface area (TPSA) is 65.1 Å². The molecule has 1 saturated heterocycles. The Balaban J connectivity index is 1.27. The van der Waals surface area contributed by atoms with Gasteiger partial charge in [0, 0.05) is 37.6 Å². The number of nitrogens with zero attached hydrogens (tertiary/aromatic N) is 1. The number of rotatable bonds is 9. The van der Waals surface area contributed by atoms with Gasteiger partial charge in [0.2, 0.25) is 0 Å². The molecule has 0 N–H and O–H groups in total. The van der Waals surface area contributed by atoms with Gasteiger partial charge in [-0.2, -0.15) is 0 Å². The van der Waals surface area contributed by atoms with E-state index in [0.717, 1.165) is 53.9 Å². The van der Waals surface area contributed by atoms with Crippen molar-refractivity contribution >= 4 is 11.8 Å². The minimum Gasteiger partial charge on any atom is -0.497 e. The molecule has 0 amide bonds. The monoisotopic (exact) mass is 549 g/mol. The Bertz CT molecular complexity index is 1500. The number of ketones is 1. The van der Waals surface area contributed by atoms with Crippen molar-refractivity contribution in [2.24, 2.45) is 0 Å². The van der Waals surface area contributed by atoms with Crippen LogP contribution in [0.4, 0.5) is 0 Å². The fourth-order valence-electron chi connectivity index (χ4n) is 5.09. The van der Waals surface area contributed by atoms with Crippen LogP contribution < -0.4 is 14.2 Å². The van der Waals surface area contributed by atoms with E-state index >= 15 is 0 Å². The van der Waals surface area contributed by atoms with Crippen LogP contribution in [0.5, 0.6) is 17.2 Å². The molecule has 6 heteroatoms. The number of hydrogen-bond donors (Lipinski definition) is 0. The fraction of sp³-hybridized carbons (Fsp3) is 0.257. The molecule has 1 heterocycles. The molecule has 1 aliphatic heterocycles. The number of piperidine rings is 1. The minimum atomic E-state index is -0.423. The SMILES string of the molecule is COc1cccc(-c2cc(C(=O)Cc3ccc(-c4ccc(OC5CCN(C)CC5)cc4)cc3)ccc2OC(C)=O)c1. The first kappa shape index (κ1) is 28.1. The van der Waals surface area contributed by atoms with Gasteiger partial charge in [-0.25, -0.2) is 0 Å². The third kappa shape index (κ3) is 7.21. The van der Waals surface area contributed by atoms with Gasteiger partial charge in [0.25, 0.3) is 0 Å². The molecule has 0 spiro atoms. The first-order valence-electron chi connectivity index (χ1n) is 13.9. The minimum absolute atomic E-state index is 0.0216. The van der Waals surface area contributed by atoms with E-state index in [2.05, 4.69) is 24.1 Å². The normalized spacial score (nSPS) is 13.9. The predicted octanol–water partition coefficient (Wildman–Crippen LogP) is 6.85. The highest BCUT2D eigenvalue weighted by Crippen LogP contribution is 2.34. The van der Waals surface area contributed by atoms with Gasteiger partial charge in [0.1, 0.15) is 23.4 Å². The number of Topliss-reactive ketones (excluding diaryl/α,β-unsaturated/α-hetero) is 1. The molecule has 210 valence electrons.